The molecule has 6 heteroatoms. The number of hydrogen-bond acceptors (Lipinski definition) is 4. The van der Waals surface area contributed by atoms with Gasteiger partial charge in [0.25, 0.3) is 0 Å². The molecule has 1 heterocycles. The molecule has 0 aromatic rings. The van der Waals surface area contributed by atoms with E-state index in [4.69, 9.17) is 0 Å². The van der Waals surface area contributed by atoms with Gasteiger partial charge in [0.05, 0.1) is 17.3 Å². The van der Waals surface area contributed by atoms with Crippen molar-refractivity contribution < 1.29 is 13.2 Å². The van der Waals surface area contributed by atoms with E-state index >= 15 is 0 Å². The third-order valence-corrected chi connectivity index (χ3v) is 8.29. The molecule has 1 amide bonds. The molecule has 22 heavy (non-hydrogen) atoms. The van der Waals surface area contributed by atoms with E-state index in [1.165, 1.54) is 24.6 Å². The van der Waals surface area contributed by atoms with Crippen LogP contribution in [0.5, 0.6) is 0 Å². The Morgan fingerprint density at radius 2 is 2.00 bits per heavy atom. The third-order valence-electron chi connectivity index (χ3n) is 5.01. The molecule has 1 aliphatic carbocycles. The number of nitrogens with one attached hydrogen (secondary N) is 1. The molecule has 4 atom stereocenters. The largest absolute Gasteiger partial charge is 0.352 e. The van der Waals surface area contributed by atoms with Crippen molar-refractivity contribution in [2.24, 2.45) is 17.8 Å². The van der Waals surface area contributed by atoms with Crippen molar-refractivity contribution >= 4 is 27.5 Å². The molecule has 128 valence electrons. The maximum absolute atomic E-state index is 12.2. The van der Waals surface area contributed by atoms with E-state index in [1.54, 1.807) is 0 Å². The predicted octanol–water partition coefficient (Wildman–Crippen LogP) is 2.48. The molecular weight excluding hydrogens is 318 g/mol. The number of amides is 1. The molecule has 0 aromatic carbocycles. The standard InChI is InChI=1S/C16H29NO3S2/c1-11(2)14-5-4-12(3)8-15(14)17-16(18)9-21-13-6-7-22(19,20)10-13/h11-15H,4-10H2,1-3H3,(H,17,18)/t12-,13+,14-,15-/m1/s1. The summed E-state index contributed by atoms with van der Waals surface area (Å²) < 4.78 is 22.9. The lowest BCUT2D eigenvalue weighted by Crippen LogP contribution is -2.46. The fourth-order valence-corrected chi connectivity index (χ4v) is 7.16. The minimum atomic E-state index is -2.85. The van der Waals surface area contributed by atoms with Gasteiger partial charge in [-0.1, -0.05) is 27.2 Å². The predicted molar refractivity (Wildman–Crippen MR) is 92.8 cm³/mol. The molecule has 0 aromatic heterocycles. The summed E-state index contributed by atoms with van der Waals surface area (Å²) in [6.07, 6.45) is 4.20. The summed E-state index contributed by atoms with van der Waals surface area (Å²) in [5.74, 6) is 2.80. The van der Waals surface area contributed by atoms with Crippen LogP contribution in [0.1, 0.15) is 46.5 Å². The van der Waals surface area contributed by atoms with Crippen LogP contribution in [0.2, 0.25) is 0 Å². The Balaban J connectivity index is 1.80. The maximum atomic E-state index is 12.2. The van der Waals surface area contributed by atoms with Gasteiger partial charge in [0.2, 0.25) is 5.91 Å². The summed E-state index contributed by atoms with van der Waals surface area (Å²) >= 11 is 1.50. The summed E-state index contributed by atoms with van der Waals surface area (Å²) in [5, 5.41) is 3.32. The molecule has 2 rings (SSSR count). The van der Waals surface area contributed by atoms with Gasteiger partial charge >= 0.3 is 0 Å². The average Bonchev–Trinajstić information content (AvgIpc) is 2.76. The Kier molecular flexibility index (Phi) is 6.22. The smallest absolute Gasteiger partial charge is 0.230 e. The van der Waals surface area contributed by atoms with E-state index in [9.17, 15) is 13.2 Å². The molecule has 0 spiro atoms. The second-order valence-electron chi connectivity index (χ2n) is 7.34. The highest BCUT2D eigenvalue weighted by molar-refractivity contribution is 8.02. The Morgan fingerprint density at radius 1 is 1.27 bits per heavy atom. The number of sulfone groups is 1. The molecule has 2 fully saturated rings. The summed E-state index contributed by atoms with van der Waals surface area (Å²) in [7, 11) is -2.85. The van der Waals surface area contributed by atoms with Crippen molar-refractivity contribution in [2.75, 3.05) is 17.3 Å². The lowest BCUT2D eigenvalue weighted by Gasteiger charge is -2.37. The van der Waals surface area contributed by atoms with Crippen molar-refractivity contribution in [3.05, 3.63) is 0 Å². The van der Waals surface area contributed by atoms with Gasteiger partial charge in [-0.25, -0.2) is 8.42 Å². The molecule has 2 aliphatic rings. The minimum absolute atomic E-state index is 0.0686. The van der Waals surface area contributed by atoms with Crippen LogP contribution in [-0.4, -0.2) is 42.9 Å². The summed E-state index contributed by atoms with van der Waals surface area (Å²) in [6, 6.07) is 0.282. The molecular formula is C16H29NO3S2. The monoisotopic (exact) mass is 347 g/mol. The third kappa shape index (κ3) is 5.15. The fourth-order valence-electron chi connectivity index (χ4n) is 3.70. The number of carbonyl (C=O) groups is 1. The minimum Gasteiger partial charge on any atom is -0.352 e. The number of rotatable bonds is 5. The first kappa shape index (κ1) is 18.1. The lowest BCUT2D eigenvalue weighted by molar-refractivity contribution is -0.120. The van der Waals surface area contributed by atoms with Crippen LogP contribution in [0.4, 0.5) is 0 Å². The van der Waals surface area contributed by atoms with Gasteiger partial charge in [-0.05, 0) is 37.0 Å². The number of carbonyl (C=O) groups excluding carboxylic acids is 1. The topological polar surface area (TPSA) is 63.2 Å². The van der Waals surface area contributed by atoms with Gasteiger partial charge in [-0.3, -0.25) is 4.79 Å². The molecule has 1 saturated heterocycles. The quantitative estimate of drug-likeness (QED) is 0.830. The Bertz CT molecular complexity index is 490. The van der Waals surface area contributed by atoms with Crippen LogP contribution in [-0.2, 0) is 14.6 Å². The zero-order valence-electron chi connectivity index (χ0n) is 13.9. The molecule has 1 saturated carbocycles. The van der Waals surface area contributed by atoms with Crippen LogP contribution < -0.4 is 5.32 Å². The van der Waals surface area contributed by atoms with Gasteiger partial charge in [-0.2, -0.15) is 0 Å². The van der Waals surface area contributed by atoms with Gasteiger partial charge in [0.15, 0.2) is 9.84 Å². The van der Waals surface area contributed by atoms with Crippen LogP contribution in [0, 0.1) is 17.8 Å². The highest BCUT2D eigenvalue weighted by Crippen LogP contribution is 2.33. The average molecular weight is 348 g/mol. The molecule has 0 radical (unpaired) electrons. The second kappa shape index (κ2) is 7.56. The van der Waals surface area contributed by atoms with Crippen LogP contribution >= 0.6 is 11.8 Å². The van der Waals surface area contributed by atoms with Crippen molar-refractivity contribution in [3.63, 3.8) is 0 Å². The van der Waals surface area contributed by atoms with Crippen molar-refractivity contribution in [2.45, 2.75) is 57.7 Å². The Hall–Kier alpha value is -0.230. The van der Waals surface area contributed by atoms with Gasteiger partial charge in [0.1, 0.15) is 0 Å². The Labute approximate surface area is 139 Å². The van der Waals surface area contributed by atoms with Crippen LogP contribution in [0.15, 0.2) is 0 Å². The highest BCUT2D eigenvalue weighted by Gasteiger charge is 2.32. The highest BCUT2D eigenvalue weighted by atomic mass is 32.2. The first-order chi connectivity index (χ1) is 10.3. The first-order valence-corrected chi connectivity index (χ1v) is 11.2. The van der Waals surface area contributed by atoms with Crippen molar-refractivity contribution in [1.29, 1.82) is 0 Å². The summed E-state index contributed by atoms with van der Waals surface area (Å²) in [6.45, 7) is 6.73. The summed E-state index contributed by atoms with van der Waals surface area (Å²) in [4.78, 5) is 12.2. The molecule has 1 N–H and O–H groups in total. The van der Waals surface area contributed by atoms with Gasteiger partial charge < -0.3 is 5.32 Å². The normalized spacial score (nSPS) is 34.7. The SMILES string of the molecule is CC(C)[C@H]1CC[C@@H](C)C[C@H]1NC(=O)CS[C@H]1CCS(=O)(=O)C1. The van der Waals surface area contributed by atoms with E-state index in [-0.39, 0.29) is 28.7 Å². The number of thioether (sulfide) groups is 1. The maximum Gasteiger partial charge on any atom is 0.230 e. The number of hydrogen-bond donors (Lipinski definition) is 1. The van der Waals surface area contributed by atoms with E-state index in [0.717, 1.165) is 6.42 Å². The van der Waals surface area contributed by atoms with Crippen LogP contribution in [0.25, 0.3) is 0 Å². The van der Waals surface area contributed by atoms with Crippen LogP contribution in [0.3, 0.4) is 0 Å². The van der Waals surface area contributed by atoms with Gasteiger partial charge in [0, 0.05) is 11.3 Å². The van der Waals surface area contributed by atoms with Crippen molar-refractivity contribution in [1.82, 2.24) is 5.32 Å². The molecule has 0 unspecified atom stereocenters. The summed E-state index contributed by atoms with van der Waals surface area (Å²) in [5.41, 5.74) is 0. The van der Waals surface area contributed by atoms with E-state index in [1.807, 2.05) is 0 Å². The lowest BCUT2D eigenvalue weighted by atomic mass is 9.74. The molecule has 0 bridgehead atoms. The second-order valence-corrected chi connectivity index (χ2v) is 10.9. The van der Waals surface area contributed by atoms with E-state index in [2.05, 4.69) is 26.1 Å². The van der Waals surface area contributed by atoms with E-state index in [0.29, 0.717) is 29.9 Å². The van der Waals surface area contributed by atoms with Gasteiger partial charge in [-0.15, -0.1) is 11.8 Å². The molecule has 1 aliphatic heterocycles. The zero-order chi connectivity index (χ0) is 16.3. The Morgan fingerprint density at radius 3 is 2.59 bits per heavy atom. The van der Waals surface area contributed by atoms with E-state index < -0.39 is 9.84 Å². The first-order valence-electron chi connectivity index (χ1n) is 8.38. The van der Waals surface area contributed by atoms with Crippen molar-refractivity contribution in [3.8, 4) is 0 Å². The fraction of sp³-hybridized carbons (Fsp3) is 0.938. The zero-order valence-corrected chi connectivity index (χ0v) is 15.5. The molecule has 4 nitrogen and oxygen atoms in total.